The van der Waals surface area contributed by atoms with E-state index in [1.54, 1.807) is 0 Å². The second-order valence-corrected chi connectivity index (χ2v) is 3.58. The van der Waals surface area contributed by atoms with Crippen LogP contribution in [-0.2, 0) is 11.3 Å². The average molecular weight is 275 g/mol. The van der Waals surface area contributed by atoms with E-state index >= 15 is 0 Å². The summed E-state index contributed by atoms with van der Waals surface area (Å²) in [5, 5.41) is 22.5. The third kappa shape index (κ3) is 4.15. The van der Waals surface area contributed by atoms with Crippen molar-refractivity contribution < 1.29 is 14.8 Å². The summed E-state index contributed by atoms with van der Waals surface area (Å²) in [5.41, 5.74) is 1.04. The van der Waals surface area contributed by atoms with Gasteiger partial charge in [0.2, 0.25) is 5.91 Å². The Balaban J connectivity index is 2.49. The highest BCUT2D eigenvalue weighted by molar-refractivity contribution is 6.26. The van der Waals surface area contributed by atoms with Gasteiger partial charge in [0.1, 0.15) is 18.5 Å². The van der Waals surface area contributed by atoms with Crippen molar-refractivity contribution in [3.8, 4) is 0 Å². The second kappa shape index (κ2) is 6.72. The van der Waals surface area contributed by atoms with Crippen LogP contribution in [0.4, 0.5) is 5.95 Å². The Hall–Kier alpha value is -1.93. The Bertz CT molecular complexity index is 459. The zero-order chi connectivity index (χ0) is 13.5. The fourth-order valence-electron chi connectivity index (χ4n) is 1.24. The van der Waals surface area contributed by atoms with Crippen LogP contribution < -0.4 is 5.32 Å². The highest BCUT2D eigenvalue weighted by Crippen LogP contribution is 2.07. The van der Waals surface area contributed by atoms with Crippen LogP contribution >= 0.6 is 11.6 Å². The number of carbonyl (C=O) groups is 1. The molecule has 1 heterocycles. The van der Waals surface area contributed by atoms with Gasteiger partial charge in [-0.2, -0.15) is 0 Å². The fourth-order valence-corrected chi connectivity index (χ4v) is 1.36. The van der Waals surface area contributed by atoms with E-state index in [1.807, 2.05) is 0 Å². The molecule has 0 aliphatic heterocycles. The SMILES string of the molecule is O=C(/C=C\Cl)NCC(O)Cn1ccnc1[N+](=O)[O-]. The van der Waals surface area contributed by atoms with Gasteiger partial charge < -0.3 is 20.5 Å². The lowest BCUT2D eigenvalue weighted by Gasteiger charge is -2.10. The van der Waals surface area contributed by atoms with E-state index in [2.05, 4.69) is 10.3 Å². The predicted molar refractivity (Wildman–Crippen MR) is 62.9 cm³/mol. The quantitative estimate of drug-likeness (QED) is 0.432. The first-order chi connectivity index (χ1) is 8.54. The number of halogens is 1. The minimum absolute atomic E-state index is 0.0405. The molecule has 1 rings (SSSR count). The molecule has 0 aliphatic rings. The fraction of sp³-hybridized carbons (Fsp3) is 0.333. The number of carbonyl (C=O) groups excluding carboxylic acids is 1. The topological polar surface area (TPSA) is 110 Å². The number of nitrogens with one attached hydrogen (secondary N) is 1. The van der Waals surface area contributed by atoms with E-state index in [0.29, 0.717) is 0 Å². The van der Waals surface area contributed by atoms with Gasteiger partial charge in [-0.3, -0.25) is 4.79 Å². The Morgan fingerprint density at radius 2 is 2.50 bits per heavy atom. The van der Waals surface area contributed by atoms with Gasteiger partial charge in [-0.1, -0.05) is 16.6 Å². The normalized spacial score (nSPS) is 12.6. The Morgan fingerprint density at radius 1 is 1.78 bits per heavy atom. The smallest absolute Gasteiger partial charge is 0.390 e. The molecule has 1 aromatic heterocycles. The maximum absolute atomic E-state index is 11.0. The highest BCUT2D eigenvalue weighted by atomic mass is 35.5. The van der Waals surface area contributed by atoms with Crippen molar-refractivity contribution in [3.05, 3.63) is 34.1 Å². The van der Waals surface area contributed by atoms with Crippen molar-refractivity contribution in [2.24, 2.45) is 0 Å². The summed E-state index contributed by atoms with van der Waals surface area (Å²) in [4.78, 5) is 24.4. The minimum atomic E-state index is -0.967. The van der Waals surface area contributed by atoms with Crippen LogP contribution in [0.1, 0.15) is 0 Å². The summed E-state index contributed by atoms with van der Waals surface area (Å²) >= 11 is 5.19. The van der Waals surface area contributed by atoms with E-state index in [4.69, 9.17) is 11.6 Å². The molecule has 1 aromatic rings. The Kier molecular flexibility index (Phi) is 5.28. The van der Waals surface area contributed by atoms with Crippen LogP contribution in [0.5, 0.6) is 0 Å². The summed E-state index contributed by atoms with van der Waals surface area (Å²) in [6.45, 7) is -0.0867. The van der Waals surface area contributed by atoms with Crippen LogP contribution in [0, 0.1) is 10.1 Å². The molecule has 8 nitrogen and oxygen atoms in total. The van der Waals surface area contributed by atoms with Crippen LogP contribution in [0.3, 0.4) is 0 Å². The number of amides is 1. The molecule has 1 amide bonds. The maximum atomic E-state index is 11.0. The molecule has 0 aromatic carbocycles. The monoisotopic (exact) mass is 274 g/mol. The van der Waals surface area contributed by atoms with Crippen molar-refractivity contribution in [1.82, 2.24) is 14.9 Å². The van der Waals surface area contributed by atoms with Crippen LogP contribution in [-0.4, -0.2) is 38.1 Å². The van der Waals surface area contributed by atoms with Crippen molar-refractivity contribution in [1.29, 1.82) is 0 Å². The van der Waals surface area contributed by atoms with Crippen molar-refractivity contribution >= 4 is 23.5 Å². The number of hydrogen-bond acceptors (Lipinski definition) is 5. The number of aliphatic hydroxyl groups is 1. The number of nitrogens with zero attached hydrogens (tertiary/aromatic N) is 3. The lowest BCUT2D eigenvalue weighted by molar-refractivity contribution is -0.397. The number of imidazole rings is 1. The Labute approximate surface area is 107 Å². The molecule has 98 valence electrons. The van der Waals surface area contributed by atoms with Gasteiger partial charge in [0.15, 0.2) is 0 Å². The van der Waals surface area contributed by atoms with Gasteiger partial charge in [-0.25, -0.2) is 4.57 Å². The number of nitro groups is 1. The lowest BCUT2D eigenvalue weighted by Crippen LogP contribution is -2.33. The number of aliphatic hydroxyl groups excluding tert-OH is 1. The van der Waals surface area contributed by atoms with Crippen LogP contribution in [0.2, 0.25) is 0 Å². The largest absolute Gasteiger partial charge is 0.434 e. The van der Waals surface area contributed by atoms with E-state index in [9.17, 15) is 20.0 Å². The molecule has 18 heavy (non-hydrogen) atoms. The molecule has 0 radical (unpaired) electrons. The first-order valence-electron chi connectivity index (χ1n) is 4.92. The summed E-state index contributed by atoms with van der Waals surface area (Å²) in [5.74, 6) is -0.815. The van der Waals surface area contributed by atoms with Gasteiger partial charge >= 0.3 is 5.95 Å². The first-order valence-corrected chi connectivity index (χ1v) is 5.36. The van der Waals surface area contributed by atoms with Gasteiger partial charge in [-0.15, -0.1) is 0 Å². The molecular formula is C9H11ClN4O4. The van der Waals surface area contributed by atoms with Gasteiger partial charge in [0.25, 0.3) is 0 Å². The number of rotatable bonds is 6. The zero-order valence-corrected chi connectivity index (χ0v) is 9.95. The van der Waals surface area contributed by atoms with E-state index in [-0.39, 0.29) is 19.0 Å². The van der Waals surface area contributed by atoms with Crippen molar-refractivity contribution in [3.63, 3.8) is 0 Å². The maximum Gasteiger partial charge on any atom is 0.434 e. The summed E-state index contributed by atoms with van der Waals surface area (Å²) in [7, 11) is 0. The molecule has 0 bridgehead atoms. The second-order valence-electron chi connectivity index (χ2n) is 3.33. The van der Waals surface area contributed by atoms with Crippen LogP contribution in [0.25, 0.3) is 0 Å². The average Bonchev–Trinajstić information content (AvgIpc) is 2.75. The van der Waals surface area contributed by atoms with Crippen LogP contribution in [0.15, 0.2) is 24.0 Å². The molecule has 9 heteroatoms. The third-order valence-corrected chi connectivity index (χ3v) is 2.12. The third-order valence-electron chi connectivity index (χ3n) is 1.99. The number of hydrogen-bond donors (Lipinski definition) is 2. The van der Waals surface area contributed by atoms with E-state index in [1.165, 1.54) is 17.0 Å². The molecule has 2 N–H and O–H groups in total. The Morgan fingerprint density at radius 3 is 3.11 bits per heavy atom. The van der Waals surface area contributed by atoms with Crippen molar-refractivity contribution in [2.75, 3.05) is 6.54 Å². The molecular weight excluding hydrogens is 264 g/mol. The number of aromatic nitrogens is 2. The standard InChI is InChI=1S/C9H11ClN4O4/c10-2-1-8(16)12-5-7(15)6-13-4-3-11-9(13)14(17)18/h1-4,7,15H,5-6H2,(H,12,16)/b2-1-. The summed E-state index contributed by atoms with van der Waals surface area (Å²) in [6.07, 6.45) is 2.76. The molecule has 1 unspecified atom stereocenters. The van der Waals surface area contributed by atoms with Crippen molar-refractivity contribution in [2.45, 2.75) is 12.6 Å². The van der Waals surface area contributed by atoms with Gasteiger partial charge in [-0.05, 0) is 4.92 Å². The van der Waals surface area contributed by atoms with E-state index in [0.717, 1.165) is 11.6 Å². The minimum Gasteiger partial charge on any atom is -0.390 e. The predicted octanol–water partition coefficient (Wildman–Crippen LogP) is 0.0209. The first kappa shape index (κ1) is 14.1. The molecule has 1 atom stereocenters. The molecule has 0 aliphatic carbocycles. The van der Waals surface area contributed by atoms with E-state index < -0.39 is 16.9 Å². The highest BCUT2D eigenvalue weighted by Gasteiger charge is 2.17. The van der Waals surface area contributed by atoms with Gasteiger partial charge in [0, 0.05) is 18.2 Å². The molecule has 0 spiro atoms. The summed E-state index contributed by atoms with van der Waals surface area (Å²) < 4.78 is 1.19. The van der Waals surface area contributed by atoms with Gasteiger partial charge in [0.05, 0.1) is 6.54 Å². The molecule has 0 saturated heterocycles. The lowest BCUT2D eigenvalue weighted by atomic mass is 10.3. The zero-order valence-electron chi connectivity index (χ0n) is 9.19. The summed E-state index contributed by atoms with van der Waals surface area (Å²) in [6, 6.07) is 0. The molecule has 0 saturated carbocycles. The molecule has 0 fully saturated rings.